The van der Waals surface area contributed by atoms with Gasteiger partial charge in [-0.05, 0) is 31.0 Å². The number of nitrogens with zero attached hydrogens (tertiary/aromatic N) is 5. The largest absolute Gasteiger partial charge is 0.393 e. The number of alkyl halides is 2. The Bertz CT molecular complexity index is 1590. The molecule has 2 fully saturated rings. The van der Waals surface area contributed by atoms with Crippen LogP contribution in [0.3, 0.4) is 0 Å². The molecule has 1 aromatic carbocycles. The molecule has 40 heavy (non-hydrogen) atoms. The number of thiazole rings is 1. The molecule has 0 amide bonds. The summed E-state index contributed by atoms with van der Waals surface area (Å²) in [7, 11) is -3.92. The number of hydrogen-bond donors (Lipinski definition) is 3. The van der Waals surface area contributed by atoms with Gasteiger partial charge in [0.25, 0.3) is 10.2 Å². The molecular weight excluding hydrogens is 591 g/mol. The lowest BCUT2D eigenvalue weighted by Crippen LogP contribution is -2.52. The van der Waals surface area contributed by atoms with Crippen molar-refractivity contribution >= 4 is 44.6 Å². The second-order valence-electron chi connectivity index (χ2n) is 9.75. The molecule has 3 aliphatic rings. The first-order valence-corrected chi connectivity index (χ1v) is 15.1. The average Bonchev–Trinajstić information content (AvgIpc) is 3.63. The molecule has 16 heteroatoms. The number of fused-ring (bicyclic) bond motifs is 1. The SMILES string of the molecule is O=S(=O)(N[C@H]1CC2=C(c3ccn(C(F)F)n3)[C@H](c3ccc(F)cc3Cl)N=C(c3nccs3)N2C1)N[C@H]1C[C@@H](O)C1. The standard InChI is InChI=1S/C24H23ClF3N7O3S2/c25-17-7-12(26)1-2-16(17)21-20(18-3-5-35(31-18)24(27)28)19-10-14(33-40(37,38)32-13-8-15(36)9-13)11-34(19)22(30-21)23-29-4-6-39-23/h1-7,13-15,21,24,32-33,36H,8-11H2/t13-,14-,15+,21-/m0/s1. The first kappa shape index (κ1) is 27.4. The predicted molar refractivity (Wildman–Crippen MR) is 143 cm³/mol. The Balaban J connectivity index is 1.44. The van der Waals surface area contributed by atoms with E-state index in [4.69, 9.17) is 16.6 Å². The van der Waals surface area contributed by atoms with E-state index < -0.39 is 40.8 Å². The van der Waals surface area contributed by atoms with Crippen molar-refractivity contribution in [3.63, 3.8) is 0 Å². The molecule has 0 radical (unpaired) electrons. The van der Waals surface area contributed by atoms with Crippen molar-refractivity contribution in [1.29, 1.82) is 0 Å². The van der Waals surface area contributed by atoms with Crippen LogP contribution in [0, 0.1) is 5.82 Å². The van der Waals surface area contributed by atoms with E-state index >= 15 is 0 Å². The number of halogens is 4. The third-order valence-corrected chi connectivity index (χ3v) is 9.37. The minimum atomic E-state index is -3.92. The lowest BCUT2D eigenvalue weighted by molar-refractivity contribution is 0.0564. The highest BCUT2D eigenvalue weighted by Gasteiger charge is 2.42. The molecular formula is C24H23ClF3N7O3S2. The summed E-state index contributed by atoms with van der Waals surface area (Å²) in [5, 5.41) is 16.0. The van der Waals surface area contributed by atoms with Crippen LogP contribution in [0.25, 0.3) is 5.57 Å². The van der Waals surface area contributed by atoms with Gasteiger partial charge < -0.3 is 10.0 Å². The summed E-state index contributed by atoms with van der Waals surface area (Å²) in [6.45, 7) is -2.69. The molecule has 2 aromatic heterocycles. The van der Waals surface area contributed by atoms with Gasteiger partial charge in [0.05, 0.1) is 11.8 Å². The summed E-state index contributed by atoms with van der Waals surface area (Å²) in [5.41, 5.74) is 1.69. The molecule has 1 aliphatic carbocycles. The van der Waals surface area contributed by atoms with Gasteiger partial charge in [-0.2, -0.15) is 31.7 Å². The maximum atomic E-state index is 14.0. The first-order chi connectivity index (χ1) is 19.1. The normalized spacial score (nSPS) is 24.9. The molecule has 0 bridgehead atoms. The molecule has 2 atom stereocenters. The summed E-state index contributed by atoms with van der Waals surface area (Å²) in [6.07, 6.45) is 3.08. The van der Waals surface area contributed by atoms with Crippen molar-refractivity contribution in [2.75, 3.05) is 6.54 Å². The first-order valence-electron chi connectivity index (χ1n) is 12.3. The molecule has 3 aromatic rings. The number of aromatic nitrogens is 3. The number of aliphatic hydroxyl groups excluding tert-OH is 1. The van der Waals surface area contributed by atoms with Crippen molar-refractivity contribution in [2.45, 2.75) is 50.0 Å². The fourth-order valence-electron chi connectivity index (χ4n) is 5.19. The number of benzene rings is 1. The van der Waals surface area contributed by atoms with Gasteiger partial charge >= 0.3 is 6.55 Å². The molecule has 212 valence electrons. The number of rotatable bonds is 8. The van der Waals surface area contributed by atoms with Gasteiger partial charge in [-0.1, -0.05) is 17.7 Å². The maximum Gasteiger partial charge on any atom is 0.333 e. The van der Waals surface area contributed by atoms with Gasteiger partial charge in [0.1, 0.15) is 11.9 Å². The van der Waals surface area contributed by atoms with Crippen molar-refractivity contribution < 1.29 is 26.7 Å². The second kappa shape index (κ2) is 10.5. The topological polar surface area (TPSA) is 125 Å². The number of hydrogen-bond acceptors (Lipinski definition) is 8. The van der Waals surface area contributed by atoms with Crippen LogP contribution in [-0.2, 0) is 10.2 Å². The Morgan fingerprint density at radius 3 is 2.60 bits per heavy atom. The third kappa shape index (κ3) is 5.29. The molecule has 1 saturated heterocycles. The predicted octanol–water partition coefficient (Wildman–Crippen LogP) is 3.46. The summed E-state index contributed by atoms with van der Waals surface area (Å²) >= 11 is 7.79. The van der Waals surface area contributed by atoms with E-state index in [2.05, 4.69) is 19.5 Å². The van der Waals surface area contributed by atoms with E-state index in [9.17, 15) is 26.7 Å². The van der Waals surface area contributed by atoms with Crippen LogP contribution in [0.5, 0.6) is 0 Å². The van der Waals surface area contributed by atoms with E-state index in [1.165, 1.54) is 29.5 Å². The van der Waals surface area contributed by atoms with Gasteiger partial charge in [-0.3, -0.25) is 4.99 Å². The zero-order valence-corrected chi connectivity index (χ0v) is 23.0. The van der Waals surface area contributed by atoms with Crippen LogP contribution < -0.4 is 9.44 Å². The zero-order valence-electron chi connectivity index (χ0n) is 20.6. The Labute approximate surface area is 236 Å². The fourth-order valence-corrected chi connectivity index (χ4v) is 7.40. The van der Waals surface area contributed by atoms with Gasteiger partial charge in [0.2, 0.25) is 0 Å². The molecule has 0 unspecified atom stereocenters. The second-order valence-corrected chi connectivity index (χ2v) is 12.5. The summed E-state index contributed by atoms with van der Waals surface area (Å²) in [6, 6.07) is 3.47. The molecule has 6 rings (SSSR count). The van der Waals surface area contributed by atoms with Gasteiger partial charge in [-0.15, -0.1) is 11.3 Å². The fraction of sp³-hybridized carbons (Fsp3) is 0.375. The molecule has 4 heterocycles. The molecule has 0 spiro atoms. The van der Waals surface area contributed by atoms with Crippen molar-refractivity contribution in [3.8, 4) is 0 Å². The maximum absolute atomic E-state index is 14.0. The van der Waals surface area contributed by atoms with E-state index in [0.29, 0.717) is 45.2 Å². The highest BCUT2D eigenvalue weighted by molar-refractivity contribution is 7.87. The number of aliphatic imine (C=N–C) groups is 1. The van der Waals surface area contributed by atoms with E-state index in [1.807, 2.05) is 4.90 Å². The van der Waals surface area contributed by atoms with Gasteiger partial charge in [-0.25, -0.2) is 14.1 Å². The summed E-state index contributed by atoms with van der Waals surface area (Å²) in [4.78, 5) is 11.1. The van der Waals surface area contributed by atoms with Crippen LogP contribution in [-0.4, -0.2) is 63.8 Å². The third-order valence-electron chi connectivity index (χ3n) is 6.98. The zero-order chi connectivity index (χ0) is 28.2. The highest BCUT2D eigenvalue weighted by atomic mass is 35.5. The summed E-state index contributed by atoms with van der Waals surface area (Å²) in [5.74, 6) is -0.0995. The van der Waals surface area contributed by atoms with Gasteiger partial charge in [0.15, 0.2) is 10.8 Å². The Morgan fingerprint density at radius 1 is 1.18 bits per heavy atom. The Morgan fingerprint density at radius 2 is 1.95 bits per heavy atom. The van der Waals surface area contributed by atoms with Crippen molar-refractivity contribution in [1.82, 2.24) is 29.1 Å². The molecule has 1 saturated carbocycles. The lowest BCUT2D eigenvalue weighted by atomic mass is 9.91. The van der Waals surface area contributed by atoms with Gasteiger partial charge in [0, 0.05) is 64.7 Å². The minimum absolute atomic E-state index is 0.0919. The van der Waals surface area contributed by atoms with Crippen LogP contribution in [0.1, 0.15) is 48.1 Å². The monoisotopic (exact) mass is 613 g/mol. The average molecular weight is 614 g/mol. The van der Waals surface area contributed by atoms with Crippen LogP contribution in [0.15, 0.2) is 52.7 Å². The van der Waals surface area contributed by atoms with Crippen LogP contribution in [0.2, 0.25) is 5.02 Å². The quantitative estimate of drug-likeness (QED) is 0.357. The van der Waals surface area contributed by atoms with Crippen LogP contribution in [0.4, 0.5) is 13.2 Å². The number of aliphatic hydroxyl groups is 1. The molecule has 3 N–H and O–H groups in total. The minimum Gasteiger partial charge on any atom is -0.393 e. The molecule has 2 aliphatic heterocycles. The van der Waals surface area contributed by atoms with E-state index in [1.54, 1.807) is 11.6 Å². The van der Waals surface area contributed by atoms with E-state index in [-0.39, 0.29) is 29.7 Å². The number of amidine groups is 1. The highest BCUT2D eigenvalue weighted by Crippen LogP contribution is 2.46. The van der Waals surface area contributed by atoms with Crippen molar-refractivity contribution in [3.05, 3.63) is 74.8 Å². The Hall–Kier alpha value is -2.82. The Kier molecular flexibility index (Phi) is 7.21. The van der Waals surface area contributed by atoms with Crippen LogP contribution >= 0.6 is 22.9 Å². The van der Waals surface area contributed by atoms with Crippen molar-refractivity contribution in [2.24, 2.45) is 4.99 Å². The lowest BCUT2D eigenvalue weighted by Gasteiger charge is -2.32. The number of nitrogens with one attached hydrogen (secondary N) is 2. The summed E-state index contributed by atoms with van der Waals surface area (Å²) < 4.78 is 72.4. The molecule has 10 nitrogen and oxygen atoms in total. The smallest absolute Gasteiger partial charge is 0.333 e. The van der Waals surface area contributed by atoms with E-state index in [0.717, 1.165) is 12.3 Å².